The number of aromatic hydroxyl groups is 1. The molecule has 112 valence electrons. The molecule has 0 aliphatic carbocycles. The number of nitrogens with one attached hydrogen (secondary N) is 1. The van der Waals surface area contributed by atoms with Crippen molar-refractivity contribution in [3.63, 3.8) is 0 Å². The number of anilines is 1. The minimum absolute atomic E-state index is 0.102. The molecule has 0 amide bonds. The first-order chi connectivity index (χ1) is 9.92. The predicted molar refractivity (Wildman–Crippen MR) is 90.6 cm³/mol. The molecule has 5 heteroatoms. The van der Waals surface area contributed by atoms with Crippen molar-refractivity contribution >= 4 is 33.2 Å². The lowest BCUT2D eigenvalue weighted by Gasteiger charge is -2.19. The van der Waals surface area contributed by atoms with E-state index in [4.69, 9.17) is 16.3 Å². The minimum atomic E-state index is -0.102. The average molecular weight is 371 g/mol. The molecule has 21 heavy (non-hydrogen) atoms. The Morgan fingerprint density at radius 2 is 2.00 bits per heavy atom. The van der Waals surface area contributed by atoms with E-state index in [0.29, 0.717) is 10.8 Å². The van der Waals surface area contributed by atoms with Crippen LogP contribution in [-0.4, -0.2) is 12.2 Å². The fourth-order valence-corrected chi connectivity index (χ4v) is 2.81. The summed E-state index contributed by atoms with van der Waals surface area (Å²) in [5, 5.41) is 14.1. The van der Waals surface area contributed by atoms with Crippen LogP contribution in [0.15, 0.2) is 34.8 Å². The number of aryl methyl sites for hydroxylation is 1. The lowest BCUT2D eigenvalue weighted by atomic mass is 10.1. The quantitative estimate of drug-likeness (QED) is 0.767. The first-order valence-corrected chi connectivity index (χ1v) is 7.68. The van der Waals surface area contributed by atoms with E-state index in [0.717, 1.165) is 21.3 Å². The van der Waals surface area contributed by atoms with Crippen LogP contribution >= 0.6 is 27.5 Å². The number of rotatable bonds is 4. The molecule has 0 spiro atoms. The fourth-order valence-electron chi connectivity index (χ4n) is 2.07. The third-order valence-electron chi connectivity index (χ3n) is 3.32. The largest absolute Gasteiger partial charge is 0.508 e. The SMILES string of the molecule is COc1ccc(O)c(C(C)Nc2cc(Cl)c(C)cc2Br)c1. The van der Waals surface area contributed by atoms with Gasteiger partial charge in [0, 0.05) is 15.1 Å². The van der Waals surface area contributed by atoms with Gasteiger partial charge in [0.2, 0.25) is 0 Å². The van der Waals surface area contributed by atoms with Gasteiger partial charge in [-0.1, -0.05) is 11.6 Å². The van der Waals surface area contributed by atoms with Crippen molar-refractivity contribution in [3.05, 3.63) is 51.0 Å². The molecular weight excluding hydrogens is 354 g/mol. The van der Waals surface area contributed by atoms with Crippen molar-refractivity contribution in [3.8, 4) is 11.5 Å². The van der Waals surface area contributed by atoms with Crippen molar-refractivity contribution in [2.45, 2.75) is 19.9 Å². The van der Waals surface area contributed by atoms with E-state index in [1.54, 1.807) is 19.2 Å². The van der Waals surface area contributed by atoms with Crippen LogP contribution in [0.1, 0.15) is 24.1 Å². The molecule has 0 bridgehead atoms. The molecule has 0 heterocycles. The number of methoxy groups -OCH3 is 1. The Bertz CT molecular complexity index is 661. The maximum atomic E-state index is 10.0. The van der Waals surface area contributed by atoms with E-state index < -0.39 is 0 Å². The first kappa shape index (κ1) is 16.0. The molecule has 3 nitrogen and oxygen atoms in total. The van der Waals surface area contributed by atoms with Gasteiger partial charge in [0.05, 0.1) is 18.8 Å². The smallest absolute Gasteiger partial charge is 0.121 e. The maximum absolute atomic E-state index is 10.0. The molecule has 2 aromatic rings. The summed E-state index contributed by atoms with van der Waals surface area (Å²) in [5.41, 5.74) is 2.64. The van der Waals surface area contributed by atoms with E-state index in [2.05, 4.69) is 21.2 Å². The Hall–Kier alpha value is -1.39. The summed E-state index contributed by atoms with van der Waals surface area (Å²) in [5.74, 6) is 0.933. The van der Waals surface area contributed by atoms with E-state index in [1.807, 2.05) is 32.0 Å². The van der Waals surface area contributed by atoms with Crippen molar-refractivity contribution in [1.29, 1.82) is 0 Å². The zero-order valence-corrected chi connectivity index (χ0v) is 14.4. The van der Waals surface area contributed by atoms with Crippen molar-refractivity contribution in [2.75, 3.05) is 12.4 Å². The molecule has 1 atom stereocenters. The summed E-state index contributed by atoms with van der Waals surface area (Å²) >= 11 is 9.68. The van der Waals surface area contributed by atoms with Gasteiger partial charge in [-0.2, -0.15) is 0 Å². The van der Waals surface area contributed by atoms with Crippen molar-refractivity contribution in [1.82, 2.24) is 0 Å². The van der Waals surface area contributed by atoms with Crippen molar-refractivity contribution < 1.29 is 9.84 Å². The second-order valence-corrected chi connectivity index (χ2v) is 6.13. The normalized spacial score (nSPS) is 12.0. The van der Waals surface area contributed by atoms with Gasteiger partial charge >= 0.3 is 0 Å². The summed E-state index contributed by atoms with van der Waals surface area (Å²) in [6, 6.07) is 8.90. The molecule has 0 aliphatic rings. The van der Waals surface area contributed by atoms with Gasteiger partial charge in [-0.3, -0.25) is 0 Å². The van der Waals surface area contributed by atoms with Gasteiger partial charge in [-0.05, 0) is 65.7 Å². The summed E-state index contributed by atoms with van der Waals surface area (Å²) in [6.45, 7) is 3.92. The highest BCUT2D eigenvalue weighted by Gasteiger charge is 2.14. The summed E-state index contributed by atoms with van der Waals surface area (Å²) in [6.07, 6.45) is 0. The van der Waals surface area contributed by atoms with Gasteiger partial charge in [0.15, 0.2) is 0 Å². The zero-order valence-electron chi connectivity index (χ0n) is 12.1. The van der Waals surface area contributed by atoms with Crippen LogP contribution in [0, 0.1) is 6.92 Å². The van der Waals surface area contributed by atoms with Crippen LogP contribution < -0.4 is 10.1 Å². The second kappa shape index (κ2) is 6.58. The highest BCUT2D eigenvalue weighted by Crippen LogP contribution is 2.34. The van der Waals surface area contributed by atoms with E-state index >= 15 is 0 Å². The molecule has 2 N–H and O–H groups in total. The Kier molecular flexibility index (Phi) is 5.01. The van der Waals surface area contributed by atoms with Crippen LogP contribution in [-0.2, 0) is 0 Å². The number of phenols is 1. The van der Waals surface area contributed by atoms with Crippen molar-refractivity contribution in [2.24, 2.45) is 0 Å². The zero-order chi connectivity index (χ0) is 15.6. The van der Waals surface area contributed by atoms with Gasteiger partial charge in [-0.15, -0.1) is 0 Å². The Balaban J connectivity index is 2.30. The molecule has 0 fully saturated rings. The Morgan fingerprint density at radius 3 is 2.67 bits per heavy atom. The van der Waals surface area contributed by atoms with Gasteiger partial charge < -0.3 is 15.2 Å². The Morgan fingerprint density at radius 1 is 1.29 bits per heavy atom. The maximum Gasteiger partial charge on any atom is 0.121 e. The number of benzene rings is 2. The third-order valence-corrected chi connectivity index (χ3v) is 4.38. The molecule has 0 radical (unpaired) electrons. The van der Waals surface area contributed by atoms with E-state index in [1.165, 1.54) is 0 Å². The Labute approximate surface area is 138 Å². The topological polar surface area (TPSA) is 41.5 Å². The minimum Gasteiger partial charge on any atom is -0.508 e. The fraction of sp³-hybridized carbons (Fsp3) is 0.250. The molecule has 1 unspecified atom stereocenters. The molecule has 0 aliphatic heterocycles. The summed E-state index contributed by atoms with van der Waals surface area (Å²) < 4.78 is 6.13. The van der Waals surface area contributed by atoms with E-state index in [-0.39, 0.29) is 11.8 Å². The molecule has 0 saturated heterocycles. The molecule has 0 aromatic heterocycles. The van der Waals surface area contributed by atoms with Crippen LogP contribution in [0.4, 0.5) is 5.69 Å². The number of halogens is 2. The highest BCUT2D eigenvalue weighted by atomic mass is 79.9. The van der Waals surface area contributed by atoms with Crippen LogP contribution in [0.3, 0.4) is 0 Å². The molecule has 0 saturated carbocycles. The number of phenolic OH excluding ortho intramolecular Hbond substituents is 1. The molecular formula is C16H17BrClNO2. The number of hydrogen-bond donors (Lipinski definition) is 2. The predicted octanol–water partition coefficient (Wildman–Crippen LogP) is 5.30. The van der Waals surface area contributed by atoms with E-state index in [9.17, 15) is 5.11 Å². The van der Waals surface area contributed by atoms with Crippen LogP contribution in [0.5, 0.6) is 11.5 Å². The molecule has 2 aromatic carbocycles. The van der Waals surface area contributed by atoms with Crippen LogP contribution in [0.2, 0.25) is 5.02 Å². The lowest BCUT2D eigenvalue weighted by Crippen LogP contribution is -2.08. The van der Waals surface area contributed by atoms with Gasteiger partial charge in [0.25, 0.3) is 0 Å². The van der Waals surface area contributed by atoms with Gasteiger partial charge in [0.1, 0.15) is 11.5 Å². The average Bonchev–Trinajstić information content (AvgIpc) is 2.45. The standard InChI is InChI=1S/C16H17BrClNO2/c1-9-6-13(17)15(8-14(9)18)19-10(2)12-7-11(21-3)4-5-16(12)20/h4-8,10,19-20H,1-3H3. The second-order valence-electron chi connectivity index (χ2n) is 4.87. The number of ether oxygens (including phenoxy) is 1. The first-order valence-electron chi connectivity index (χ1n) is 6.51. The van der Waals surface area contributed by atoms with Crippen LogP contribution in [0.25, 0.3) is 0 Å². The molecule has 2 rings (SSSR count). The highest BCUT2D eigenvalue weighted by molar-refractivity contribution is 9.10. The lowest BCUT2D eigenvalue weighted by molar-refractivity contribution is 0.410. The number of hydrogen-bond acceptors (Lipinski definition) is 3. The monoisotopic (exact) mass is 369 g/mol. The summed E-state index contributed by atoms with van der Waals surface area (Å²) in [7, 11) is 1.60. The van der Waals surface area contributed by atoms with Gasteiger partial charge in [-0.25, -0.2) is 0 Å². The summed E-state index contributed by atoms with van der Waals surface area (Å²) in [4.78, 5) is 0. The third kappa shape index (κ3) is 3.63.